The molecule has 0 aliphatic heterocycles. The number of hydrogen-bond donors (Lipinski definition) is 0. The van der Waals surface area contributed by atoms with Crippen LogP contribution < -0.4 is 0 Å². The first-order valence-electron chi connectivity index (χ1n) is 5.13. The van der Waals surface area contributed by atoms with Crippen LogP contribution in [0.1, 0.15) is 52.4 Å². The summed E-state index contributed by atoms with van der Waals surface area (Å²) in [6.07, 6.45) is 17.2. The molecule has 0 atom stereocenters. The number of unbranched alkanes of at least 4 members (excludes halogenated alkanes) is 4. The Hall–Kier alpha value is -0.520. The van der Waals surface area contributed by atoms with E-state index in [2.05, 4.69) is 32.1 Å². The minimum Gasteiger partial charge on any atom is -0.0845 e. The highest BCUT2D eigenvalue weighted by molar-refractivity contribution is 4.98. The molecule has 0 fully saturated rings. The van der Waals surface area contributed by atoms with Crippen LogP contribution in [-0.4, -0.2) is 0 Å². The van der Waals surface area contributed by atoms with E-state index < -0.39 is 0 Å². The Kier molecular flexibility index (Phi) is 10.0. The van der Waals surface area contributed by atoms with Crippen molar-refractivity contribution < 1.29 is 0 Å². The first-order chi connectivity index (χ1) is 5.91. The minimum absolute atomic E-state index is 1.01. The van der Waals surface area contributed by atoms with Crippen molar-refractivity contribution in [2.75, 3.05) is 0 Å². The molecule has 0 aliphatic rings. The van der Waals surface area contributed by atoms with Crippen molar-refractivity contribution in [1.29, 1.82) is 0 Å². The molecule has 0 saturated carbocycles. The van der Waals surface area contributed by atoms with Crippen LogP contribution in [0.25, 0.3) is 0 Å². The summed E-state index contributed by atoms with van der Waals surface area (Å²) in [5.74, 6) is 0. The van der Waals surface area contributed by atoms with E-state index >= 15 is 0 Å². The molecule has 0 saturated heterocycles. The lowest BCUT2D eigenvalue weighted by atomic mass is 10.1. The van der Waals surface area contributed by atoms with E-state index in [-0.39, 0.29) is 0 Å². The summed E-state index contributed by atoms with van der Waals surface area (Å²) in [7, 11) is 0. The second kappa shape index (κ2) is 10.5. The molecule has 0 bridgehead atoms. The summed E-state index contributed by atoms with van der Waals surface area (Å²) in [6.45, 7) is 4.35. The fraction of sp³-hybridized carbons (Fsp3) is 0.667. The molecule has 0 unspecified atom stereocenters. The van der Waals surface area contributed by atoms with E-state index in [1.807, 2.05) is 6.08 Å². The molecule has 0 aromatic rings. The zero-order chi connectivity index (χ0) is 9.07. The zero-order valence-electron chi connectivity index (χ0n) is 8.47. The maximum atomic E-state index is 3.14. The highest BCUT2D eigenvalue weighted by Gasteiger charge is 1.82. The molecule has 0 aromatic carbocycles. The molecular formula is C12H21. The van der Waals surface area contributed by atoms with Gasteiger partial charge in [0.1, 0.15) is 0 Å². The second-order valence-corrected chi connectivity index (χ2v) is 3.00. The van der Waals surface area contributed by atoms with Crippen LogP contribution in [0.3, 0.4) is 0 Å². The molecule has 0 aromatic heterocycles. The van der Waals surface area contributed by atoms with Gasteiger partial charge in [-0.2, -0.15) is 0 Å². The van der Waals surface area contributed by atoms with Crippen molar-refractivity contribution in [1.82, 2.24) is 0 Å². The predicted molar refractivity (Wildman–Crippen MR) is 56.0 cm³/mol. The minimum atomic E-state index is 1.01. The van der Waals surface area contributed by atoms with Gasteiger partial charge in [0.15, 0.2) is 0 Å². The van der Waals surface area contributed by atoms with Gasteiger partial charge < -0.3 is 0 Å². The Labute approximate surface area is 77.4 Å². The predicted octanol–water partition coefficient (Wildman–Crippen LogP) is 4.28. The van der Waals surface area contributed by atoms with Gasteiger partial charge in [-0.25, -0.2) is 0 Å². The van der Waals surface area contributed by atoms with Crippen molar-refractivity contribution in [3.8, 4) is 0 Å². The molecule has 0 amide bonds. The Morgan fingerprint density at radius 3 is 2.58 bits per heavy atom. The van der Waals surface area contributed by atoms with Crippen molar-refractivity contribution in [3.05, 3.63) is 24.3 Å². The maximum absolute atomic E-state index is 3.14. The molecule has 0 rings (SSSR count). The summed E-state index contributed by atoms with van der Waals surface area (Å²) in [5.41, 5.74) is 0. The lowest BCUT2D eigenvalue weighted by molar-refractivity contribution is 0.674. The average Bonchev–Trinajstić information content (AvgIpc) is 2.10. The normalized spacial score (nSPS) is 11.8. The second-order valence-electron chi connectivity index (χ2n) is 3.00. The fourth-order valence-corrected chi connectivity index (χ4v) is 1.04. The summed E-state index contributed by atoms with van der Waals surface area (Å²) in [5, 5.41) is 0. The first-order valence-corrected chi connectivity index (χ1v) is 5.13. The Balaban J connectivity index is 3.07. The fourth-order valence-electron chi connectivity index (χ4n) is 1.04. The summed E-state index contributed by atoms with van der Waals surface area (Å²) >= 11 is 0. The molecule has 0 heteroatoms. The summed E-state index contributed by atoms with van der Waals surface area (Å²) in [6, 6.07) is 0. The van der Waals surface area contributed by atoms with Gasteiger partial charge in [0.2, 0.25) is 0 Å². The third-order valence-electron chi connectivity index (χ3n) is 1.78. The van der Waals surface area contributed by atoms with Crippen LogP contribution in [0.2, 0.25) is 0 Å². The summed E-state index contributed by atoms with van der Waals surface area (Å²) < 4.78 is 0. The molecule has 0 spiro atoms. The van der Waals surface area contributed by atoms with Crippen LogP contribution >= 0.6 is 0 Å². The van der Waals surface area contributed by atoms with Gasteiger partial charge in [-0.1, -0.05) is 51.3 Å². The highest BCUT2D eigenvalue weighted by Crippen LogP contribution is 2.02. The van der Waals surface area contributed by atoms with E-state index in [9.17, 15) is 0 Å². The number of allylic oxidation sites excluding steroid dienone is 4. The number of hydrogen-bond acceptors (Lipinski definition) is 0. The lowest BCUT2D eigenvalue weighted by Crippen LogP contribution is -1.72. The summed E-state index contributed by atoms with van der Waals surface area (Å²) in [4.78, 5) is 0. The van der Waals surface area contributed by atoms with E-state index in [4.69, 9.17) is 0 Å². The SMILES string of the molecule is CC/[C]=C/C=CCCCCCC. The Morgan fingerprint density at radius 1 is 1.08 bits per heavy atom. The molecule has 0 aliphatic carbocycles. The van der Waals surface area contributed by atoms with E-state index in [1.54, 1.807) is 0 Å². The number of rotatable bonds is 7. The van der Waals surface area contributed by atoms with Crippen LogP contribution in [-0.2, 0) is 0 Å². The van der Waals surface area contributed by atoms with Gasteiger partial charge in [0, 0.05) is 0 Å². The standard InChI is InChI=1S/C12H21/c1-3-5-7-9-11-12-10-8-6-4-2/h8,10,12H,3-5,7,9,11H2,1-2H3. The van der Waals surface area contributed by atoms with Crippen molar-refractivity contribution in [2.45, 2.75) is 52.4 Å². The van der Waals surface area contributed by atoms with Crippen LogP contribution in [0.4, 0.5) is 0 Å². The molecule has 0 nitrogen and oxygen atoms in total. The third-order valence-corrected chi connectivity index (χ3v) is 1.78. The van der Waals surface area contributed by atoms with Gasteiger partial charge in [0.05, 0.1) is 0 Å². The smallest absolute Gasteiger partial charge is 0.0305 e. The van der Waals surface area contributed by atoms with Crippen molar-refractivity contribution in [2.24, 2.45) is 0 Å². The van der Waals surface area contributed by atoms with Gasteiger partial charge in [-0.05, 0) is 25.3 Å². The average molecular weight is 165 g/mol. The van der Waals surface area contributed by atoms with Gasteiger partial charge in [-0.3, -0.25) is 0 Å². The van der Waals surface area contributed by atoms with E-state index in [1.165, 1.54) is 32.1 Å². The molecule has 1 radical (unpaired) electrons. The van der Waals surface area contributed by atoms with E-state index in [0.717, 1.165) is 6.42 Å². The van der Waals surface area contributed by atoms with Crippen molar-refractivity contribution >= 4 is 0 Å². The van der Waals surface area contributed by atoms with Gasteiger partial charge in [0.25, 0.3) is 0 Å². The first kappa shape index (κ1) is 11.5. The molecular weight excluding hydrogens is 144 g/mol. The van der Waals surface area contributed by atoms with Crippen LogP contribution in [0.15, 0.2) is 18.2 Å². The Morgan fingerprint density at radius 2 is 1.92 bits per heavy atom. The van der Waals surface area contributed by atoms with Gasteiger partial charge in [-0.15, -0.1) is 0 Å². The lowest BCUT2D eigenvalue weighted by Gasteiger charge is -1.92. The highest BCUT2D eigenvalue weighted by atomic mass is 13.9. The molecule has 69 valence electrons. The maximum Gasteiger partial charge on any atom is -0.0305 e. The monoisotopic (exact) mass is 165 g/mol. The van der Waals surface area contributed by atoms with Crippen molar-refractivity contribution in [3.63, 3.8) is 0 Å². The molecule has 0 heterocycles. The zero-order valence-corrected chi connectivity index (χ0v) is 8.47. The van der Waals surface area contributed by atoms with E-state index in [0.29, 0.717) is 0 Å². The molecule has 0 N–H and O–H groups in total. The topological polar surface area (TPSA) is 0 Å². The van der Waals surface area contributed by atoms with Gasteiger partial charge >= 0.3 is 0 Å². The third kappa shape index (κ3) is 9.48. The van der Waals surface area contributed by atoms with Crippen LogP contribution in [0, 0.1) is 6.08 Å². The molecule has 12 heavy (non-hydrogen) atoms. The largest absolute Gasteiger partial charge is 0.0845 e. The Bertz CT molecular complexity index is 120. The quantitative estimate of drug-likeness (QED) is 0.390. The van der Waals surface area contributed by atoms with Crippen LogP contribution in [0.5, 0.6) is 0 Å².